The van der Waals surface area contributed by atoms with Gasteiger partial charge in [-0.15, -0.1) is 0 Å². The van der Waals surface area contributed by atoms with Crippen molar-refractivity contribution in [3.05, 3.63) is 30.1 Å². The standard InChI is InChI=1S/C27H37NO2/c1-25-14-15-27(29,13-8-19-10-16-28-17-11-19)18-20(25)4-5-21-22-6-7-24(30-3)26(22,2)12-9-23(21)25/h10-11,16-17,20-24,29H,4-7,9,12,14-15,18H2,1-3H3/t20?,21-,22-,23+,24?,25-,26-,27?/m0/s1. The van der Waals surface area contributed by atoms with Gasteiger partial charge in [0, 0.05) is 25.1 Å². The Labute approximate surface area is 182 Å². The molecule has 8 atom stereocenters. The minimum absolute atomic E-state index is 0.361. The average Bonchev–Trinajstić information content (AvgIpc) is 3.10. The van der Waals surface area contributed by atoms with E-state index in [1.54, 1.807) is 12.4 Å². The molecule has 4 aliphatic rings. The molecule has 4 aliphatic carbocycles. The molecule has 0 aliphatic heterocycles. The quantitative estimate of drug-likeness (QED) is 0.649. The van der Waals surface area contributed by atoms with E-state index in [0.717, 1.165) is 42.6 Å². The van der Waals surface area contributed by atoms with Crippen LogP contribution in [0.25, 0.3) is 0 Å². The zero-order valence-electron chi connectivity index (χ0n) is 18.9. The average molecular weight is 408 g/mol. The van der Waals surface area contributed by atoms with Gasteiger partial charge in [0.2, 0.25) is 0 Å². The molecule has 5 rings (SSSR count). The fourth-order valence-corrected chi connectivity index (χ4v) is 8.32. The number of methoxy groups -OCH3 is 1. The van der Waals surface area contributed by atoms with Gasteiger partial charge in [0.1, 0.15) is 5.60 Å². The summed E-state index contributed by atoms with van der Waals surface area (Å²) in [5.74, 6) is 9.54. The monoisotopic (exact) mass is 407 g/mol. The van der Waals surface area contributed by atoms with Crippen molar-refractivity contribution >= 4 is 0 Å². The molecule has 1 heterocycles. The lowest BCUT2D eigenvalue weighted by Crippen LogP contribution is -2.56. The summed E-state index contributed by atoms with van der Waals surface area (Å²) in [7, 11) is 1.91. The van der Waals surface area contributed by atoms with E-state index >= 15 is 0 Å². The van der Waals surface area contributed by atoms with Crippen molar-refractivity contribution in [1.29, 1.82) is 0 Å². The highest BCUT2D eigenvalue weighted by Crippen LogP contribution is 2.67. The van der Waals surface area contributed by atoms with Crippen molar-refractivity contribution in [3.63, 3.8) is 0 Å². The number of pyridine rings is 1. The summed E-state index contributed by atoms with van der Waals surface area (Å²) in [5.41, 5.74) is 0.846. The molecule has 0 aromatic carbocycles. The fraction of sp³-hybridized carbons (Fsp3) is 0.741. The van der Waals surface area contributed by atoms with E-state index in [9.17, 15) is 5.11 Å². The predicted octanol–water partition coefficient (Wildman–Crippen LogP) is 5.22. The number of aromatic nitrogens is 1. The molecule has 0 radical (unpaired) electrons. The van der Waals surface area contributed by atoms with Crippen molar-refractivity contribution in [3.8, 4) is 11.8 Å². The fourth-order valence-electron chi connectivity index (χ4n) is 8.32. The van der Waals surface area contributed by atoms with E-state index in [2.05, 4.69) is 30.7 Å². The largest absolute Gasteiger partial charge is 0.381 e. The van der Waals surface area contributed by atoms with Crippen molar-refractivity contribution in [1.82, 2.24) is 4.98 Å². The summed E-state index contributed by atoms with van der Waals surface area (Å²) in [6, 6.07) is 3.84. The molecule has 162 valence electrons. The first kappa shape index (κ1) is 20.5. The Bertz CT molecular complexity index is 843. The molecule has 1 N–H and O–H groups in total. The summed E-state index contributed by atoms with van der Waals surface area (Å²) in [4.78, 5) is 4.06. The van der Waals surface area contributed by atoms with Crippen LogP contribution in [0.15, 0.2) is 24.5 Å². The SMILES string of the molecule is COC1CC[C@H]2[C@@H]3CCC4CC(O)(C#Cc5ccncc5)CC[C@]4(C)[C@@H]3CC[C@]12C. The van der Waals surface area contributed by atoms with E-state index in [-0.39, 0.29) is 0 Å². The van der Waals surface area contributed by atoms with Gasteiger partial charge in [0.05, 0.1) is 6.10 Å². The van der Waals surface area contributed by atoms with Gasteiger partial charge in [-0.3, -0.25) is 4.98 Å². The van der Waals surface area contributed by atoms with Gasteiger partial charge in [-0.1, -0.05) is 25.7 Å². The minimum atomic E-state index is -0.835. The van der Waals surface area contributed by atoms with Gasteiger partial charge in [-0.2, -0.15) is 0 Å². The number of nitrogens with zero attached hydrogens (tertiary/aromatic N) is 1. The zero-order valence-corrected chi connectivity index (χ0v) is 18.9. The van der Waals surface area contributed by atoms with Crippen LogP contribution in [0.3, 0.4) is 0 Å². The first-order valence-corrected chi connectivity index (χ1v) is 12.1. The summed E-state index contributed by atoms with van der Waals surface area (Å²) in [6.45, 7) is 5.06. The van der Waals surface area contributed by atoms with Gasteiger partial charge >= 0.3 is 0 Å². The Kier molecular flexibility index (Phi) is 5.03. The van der Waals surface area contributed by atoms with Gasteiger partial charge < -0.3 is 9.84 Å². The van der Waals surface area contributed by atoms with Crippen LogP contribution >= 0.6 is 0 Å². The number of hydrogen-bond acceptors (Lipinski definition) is 3. The van der Waals surface area contributed by atoms with E-state index < -0.39 is 5.60 Å². The maximum atomic E-state index is 11.3. The van der Waals surface area contributed by atoms with Crippen LogP contribution in [-0.4, -0.2) is 28.9 Å². The molecule has 4 fully saturated rings. The summed E-state index contributed by atoms with van der Waals surface area (Å²) in [6.07, 6.45) is 14.6. The van der Waals surface area contributed by atoms with E-state index in [1.165, 1.54) is 38.5 Å². The lowest BCUT2D eigenvalue weighted by molar-refractivity contribution is -0.146. The van der Waals surface area contributed by atoms with Crippen molar-refractivity contribution in [2.45, 2.75) is 83.3 Å². The molecule has 1 aromatic heterocycles. The normalized spacial score (nSPS) is 47.4. The van der Waals surface area contributed by atoms with Crippen molar-refractivity contribution < 1.29 is 9.84 Å². The van der Waals surface area contributed by atoms with Gasteiger partial charge in [0.15, 0.2) is 0 Å². The molecule has 0 amide bonds. The minimum Gasteiger partial charge on any atom is -0.381 e. The molecule has 30 heavy (non-hydrogen) atoms. The van der Waals surface area contributed by atoms with Crippen LogP contribution in [0.4, 0.5) is 0 Å². The van der Waals surface area contributed by atoms with E-state index in [4.69, 9.17) is 4.74 Å². The van der Waals surface area contributed by atoms with Gasteiger partial charge in [0.25, 0.3) is 0 Å². The highest BCUT2D eigenvalue weighted by molar-refractivity contribution is 5.35. The molecule has 3 heteroatoms. The Hall–Kier alpha value is -1.37. The Morgan fingerprint density at radius 1 is 0.967 bits per heavy atom. The maximum absolute atomic E-state index is 11.3. The molecular formula is C27H37NO2. The predicted molar refractivity (Wildman–Crippen MR) is 119 cm³/mol. The van der Waals surface area contributed by atoms with Crippen LogP contribution in [0.5, 0.6) is 0 Å². The van der Waals surface area contributed by atoms with E-state index in [0.29, 0.717) is 22.9 Å². The zero-order chi connectivity index (χ0) is 21.0. The number of ether oxygens (including phenoxy) is 1. The number of aliphatic hydroxyl groups is 1. The lowest BCUT2D eigenvalue weighted by atomic mass is 9.44. The molecular weight excluding hydrogens is 370 g/mol. The van der Waals surface area contributed by atoms with Gasteiger partial charge in [-0.05, 0) is 104 Å². The number of hydrogen-bond donors (Lipinski definition) is 1. The topological polar surface area (TPSA) is 42.4 Å². The summed E-state index contributed by atoms with van der Waals surface area (Å²) in [5, 5.41) is 11.3. The Morgan fingerprint density at radius 3 is 2.50 bits per heavy atom. The van der Waals surface area contributed by atoms with Crippen LogP contribution < -0.4 is 0 Å². The molecule has 1 aromatic rings. The third kappa shape index (κ3) is 3.14. The smallest absolute Gasteiger partial charge is 0.126 e. The third-order valence-electron chi connectivity index (χ3n) is 10.0. The highest BCUT2D eigenvalue weighted by atomic mass is 16.5. The second-order valence-electron chi connectivity index (χ2n) is 11.2. The molecule has 0 bridgehead atoms. The van der Waals surface area contributed by atoms with Gasteiger partial charge in [-0.25, -0.2) is 0 Å². The lowest BCUT2D eigenvalue weighted by Gasteiger charge is -2.61. The first-order chi connectivity index (χ1) is 14.4. The second kappa shape index (κ2) is 7.35. The molecule has 3 unspecified atom stereocenters. The summed E-state index contributed by atoms with van der Waals surface area (Å²) < 4.78 is 5.93. The van der Waals surface area contributed by atoms with Crippen LogP contribution in [0.2, 0.25) is 0 Å². The van der Waals surface area contributed by atoms with Crippen LogP contribution in [0, 0.1) is 46.3 Å². The van der Waals surface area contributed by atoms with Crippen molar-refractivity contribution in [2.75, 3.05) is 7.11 Å². The molecule has 3 nitrogen and oxygen atoms in total. The Morgan fingerprint density at radius 2 is 1.73 bits per heavy atom. The number of fused-ring (bicyclic) bond motifs is 5. The summed E-state index contributed by atoms with van der Waals surface area (Å²) >= 11 is 0. The highest BCUT2D eigenvalue weighted by Gasteiger charge is 2.61. The van der Waals surface area contributed by atoms with Crippen LogP contribution in [-0.2, 0) is 4.74 Å². The molecule has 0 saturated heterocycles. The third-order valence-corrected chi connectivity index (χ3v) is 10.0. The maximum Gasteiger partial charge on any atom is 0.126 e. The molecule has 4 saturated carbocycles. The second-order valence-corrected chi connectivity index (χ2v) is 11.2. The van der Waals surface area contributed by atoms with E-state index in [1.807, 2.05) is 19.2 Å². The molecule has 0 spiro atoms. The van der Waals surface area contributed by atoms with Crippen molar-refractivity contribution in [2.24, 2.45) is 34.5 Å². The number of rotatable bonds is 1. The Balaban J connectivity index is 1.35. The van der Waals surface area contributed by atoms with Crippen LogP contribution in [0.1, 0.15) is 77.2 Å². The first-order valence-electron chi connectivity index (χ1n) is 12.1.